The van der Waals surface area contributed by atoms with Gasteiger partial charge in [0, 0.05) is 22.4 Å². The quantitative estimate of drug-likeness (QED) is 0.560. The molecule has 0 saturated heterocycles. The van der Waals surface area contributed by atoms with Gasteiger partial charge < -0.3 is 5.11 Å². The van der Waals surface area contributed by atoms with Gasteiger partial charge in [0.1, 0.15) is 0 Å². The Bertz CT molecular complexity index is 1020. The lowest BCUT2D eigenvalue weighted by molar-refractivity contribution is 0.449. The summed E-state index contributed by atoms with van der Waals surface area (Å²) in [4.78, 5) is 15.7. The molecule has 0 unspecified atom stereocenters. The highest BCUT2D eigenvalue weighted by Crippen LogP contribution is 2.40. The molecule has 22 heavy (non-hydrogen) atoms. The predicted molar refractivity (Wildman–Crippen MR) is 85.7 cm³/mol. The van der Waals surface area contributed by atoms with E-state index in [9.17, 15) is 10.0 Å². The standard InChI is InChI=1S/C17H11N3O2/c21-17-13-8-2-1-7-12(13)16(19-22)20(17)14-9-3-5-11-6-4-10-18-15(11)14/h1-10,21H. The zero-order chi connectivity index (χ0) is 15.1. The number of rotatable bonds is 2. The lowest BCUT2D eigenvalue weighted by Crippen LogP contribution is -1.95. The number of hydrogen-bond acceptors (Lipinski definition) is 4. The highest BCUT2D eigenvalue weighted by Gasteiger charge is 2.19. The molecule has 0 spiro atoms. The summed E-state index contributed by atoms with van der Waals surface area (Å²) in [6.07, 6.45) is 1.68. The minimum absolute atomic E-state index is 0.0108. The number of nitroso groups, excluding NO2 is 1. The normalized spacial score (nSPS) is 11.1. The Balaban J connectivity index is 2.17. The molecule has 0 radical (unpaired) electrons. The molecule has 2 aromatic heterocycles. The van der Waals surface area contributed by atoms with Crippen LogP contribution in [0.2, 0.25) is 0 Å². The summed E-state index contributed by atoms with van der Waals surface area (Å²) in [7, 11) is 0. The van der Waals surface area contributed by atoms with Crippen LogP contribution in [0.3, 0.4) is 0 Å². The molecule has 0 atom stereocenters. The molecule has 4 aromatic rings. The SMILES string of the molecule is O=Nc1c2ccccc2c(O)n1-c1cccc2cccnc12. The second-order valence-electron chi connectivity index (χ2n) is 4.97. The minimum atomic E-state index is -0.0108. The van der Waals surface area contributed by atoms with Crippen LogP contribution in [-0.4, -0.2) is 14.7 Å². The van der Waals surface area contributed by atoms with Gasteiger partial charge in [-0.15, -0.1) is 4.91 Å². The second kappa shape index (κ2) is 4.66. The van der Waals surface area contributed by atoms with Crippen molar-refractivity contribution in [1.82, 2.24) is 9.55 Å². The van der Waals surface area contributed by atoms with Crippen LogP contribution in [0.1, 0.15) is 0 Å². The van der Waals surface area contributed by atoms with E-state index in [1.165, 1.54) is 4.57 Å². The van der Waals surface area contributed by atoms with Crippen molar-refractivity contribution in [2.75, 3.05) is 0 Å². The van der Waals surface area contributed by atoms with Gasteiger partial charge in [-0.05, 0) is 23.4 Å². The van der Waals surface area contributed by atoms with Gasteiger partial charge in [0.2, 0.25) is 5.88 Å². The van der Waals surface area contributed by atoms with Crippen molar-refractivity contribution >= 4 is 27.5 Å². The van der Waals surface area contributed by atoms with Gasteiger partial charge in [0.25, 0.3) is 0 Å². The van der Waals surface area contributed by atoms with E-state index in [0.29, 0.717) is 22.0 Å². The van der Waals surface area contributed by atoms with E-state index in [4.69, 9.17) is 0 Å². The van der Waals surface area contributed by atoms with Crippen molar-refractivity contribution in [2.24, 2.45) is 5.18 Å². The zero-order valence-corrected chi connectivity index (χ0v) is 11.5. The molecule has 0 aliphatic carbocycles. The smallest absolute Gasteiger partial charge is 0.205 e. The summed E-state index contributed by atoms with van der Waals surface area (Å²) >= 11 is 0. The molecule has 2 aromatic carbocycles. The van der Waals surface area contributed by atoms with Crippen molar-refractivity contribution in [1.29, 1.82) is 0 Å². The number of nitrogens with zero attached hydrogens (tertiary/aromatic N) is 3. The third-order valence-corrected chi connectivity index (χ3v) is 3.77. The molecular formula is C17H11N3O2. The van der Waals surface area contributed by atoms with E-state index in [2.05, 4.69) is 10.2 Å². The Morgan fingerprint density at radius 1 is 0.955 bits per heavy atom. The molecule has 0 aliphatic heterocycles. The topological polar surface area (TPSA) is 67.5 Å². The fourth-order valence-electron chi connectivity index (χ4n) is 2.80. The monoisotopic (exact) mass is 289 g/mol. The van der Waals surface area contributed by atoms with E-state index >= 15 is 0 Å². The first-order valence-electron chi connectivity index (χ1n) is 6.81. The van der Waals surface area contributed by atoms with Crippen LogP contribution in [0.25, 0.3) is 27.4 Å². The van der Waals surface area contributed by atoms with E-state index in [1.807, 2.05) is 42.5 Å². The maximum absolute atomic E-state index is 11.4. The van der Waals surface area contributed by atoms with Gasteiger partial charge in [-0.25, -0.2) is 0 Å². The maximum atomic E-state index is 11.4. The van der Waals surface area contributed by atoms with Crippen LogP contribution < -0.4 is 0 Å². The number of aromatic nitrogens is 2. The van der Waals surface area contributed by atoms with Crippen LogP contribution in [-0.2, 0) is 0 Å². The number of fused-ring (bicyclic) bond motifs is 2. The third-order valence-electron chi connectivity index (χ3n) is 3.77. The molecule has 1 N–H and O–H groups in total. The van der Waals surface area contributed by atoms with E-state index in [1.54, 1.807) is 18.3 Å². The van der Waals surface area contributed by atoms with E-state index in [-0.39, 0.29) is 11.7 Å². The Kier molecular flexibility index (Phi) is 2.66. The molecule has 106 valence electrons. The lowest BCUT2D eigenvalue weighted by Gasteiger charge is -2.09. The maximum Gasteiger partial charge on any atom is 0.205 e. The van der Waals surface area contributed by atoms with Crippen molar-refractivity contribution in [2.45, 2.75) is 0 Å². The number of para-hydroxylation sites is 1. The largest absolute Gasteiger partial charge is 0.494 e. The van der Waals surface area contributed by atoms with E-state index in [0.717, 1.165) is 5.39 Å². The van der Waals surface area contributed by atoms with Gasteiger partial charge in [-0.2, -0.15) is 0 Å². The Morgan fingerprint density at radius 2 is 1.73 bits per heavy atom. The Labute approximate surface area is 125 Å². The fraction of sp³-hybridized carbons (Fsp3) is 0. The molecular weight excluding hydrogens is 278 g/mol. The van der Waals surface area contributed by atoms with Gasteiger partial charge in [-0.1, -0.05) is 36.4 Å². The third kappa shape index (κ3) is 1.62. The molecule has 2 heterocycles. The summed E-state index contributed by atoms with van der Waals surface area (Å²) in [6.45, 7) is 0. The average Bonchev–Trinajstić information content (AvgIpc) is 2.87. The second-order valence-corrected chi connectivity index (χ2v) is 4.97. The Morgan fingerprint density at radius 3 is 2.55 bits per heavy atom. The summed E-state index contributed by atoms with van der Waals surface area (Å²) < 4.78 is 1.45. The summed E-state index contributed by atoms with van der Waals surface area (Å²) in [5.74, 6) is 0.162. The zero-order valence-electron chi connectivity index (χ0n) is 11.5. The van der Waals surface area contributed by atoms with Crippen LogP contribution in [0.15, 0.2) is 66.0 Å². The molecule has 0 bridgehead atoms. The van der Waals surface area contributed by atoms with Crippen molar-refractivity contribution in [3.8, 4) is 11.6 Å². The van der Waals surface area contributed by atoms with Gasteiger partial charge >= 0.3 is 0 Å². The number of pyridine rings is 1. The molecule has 5 nitrogen and oxygen atoms in total. The van der Waals surface area contributed by atoms with Crippen LogP contribution in [0, 0.1) is 4.91 Å². The summed E-state index contributed by atoms with van der Waals surface area (Å²) in [6, 6.07) is 16.5. The molecule has 5 heteroatoms. The molecule has 0 amide bonds. The number of hydrogen-bond donors (Lipinski definition) is 1. The van der Waals surface area contributed by atoms with Crippen LogP contribution in [0.5, 0.6) is 5.88 Å². The average molecular weight is 289 g/mol. The summed E-state index contributed by atoms with van der Waals surface area (Å²) in [5.41, 5.74) is 1.33. The molecule has 0 aliphatic rings. The molecule has 4 rings (SSSR count). The van der Waals surface area contributed by atoms with Gasteiger partial charge in [0.15, 0.2) is 5.82 Å². The predicted octanol–water partition coefficient (Wildman–Crippen LogP) is 4.28. The first-order chi connectivity index (χ1) is 10.8. The lowest BCUT2D eigenvalue weighted by atomic mass is 10.2. The van der Waals surface area contributed by atoms with Crippen molar-refractivity contribution in [3.63, 3.8) is 0 Å². The number of benzene rings is 2. The first kappa shape index (κ1) is 12.5. The summed E-state index contributed by atoms with van der Waals surface area (Å²) in [5, 5.41) is 15.8. The first-order valence-corrected chi connectivity index (χ1v) is 6.81. The minimum Gasteiger partial charge on any atom is -0.494 e. The highest BCUT2D eigenvalue weighted by molar-refractivity contribution is 5.99. The Hall–Kier alpha value is -3.21. The fourth-order valence-corrected chi connectivity index (χ4v) is 2.80. The van der Waals surface area contributed by atoms with Gasteiger partial charge in [0.05, 0.1) is 11.2 Å². The molecule has 0 saturated carbocycles. The van der Waals surface area contributed by atoms with Gasteiger partial charge in [-0.3, -0.25) is 9.55 Å². The van der Waals surface area contributed by atoms with E-state index < -0.39 is 0 Å². The van der Waals surface area contributed by atoms with Crippen LogP contribution in [0.4, 0.5) is 5.82 Å². The number of aromatic hydroxyl groups is 1. The van der Waals surface area contributed by atoms with Crippen LogP contribution >= 0.6 is 0 Å². The molecule has 0 fully saturated rings. The van der Waals surface area contributed by atoms with Crippen molar-refractivity contribution < 1.29 is 5.11 Å². The van der Waals surface area contributed by atoms with Crippen molar-refractivity contribution in [3.05, 3.63) is 65.7 Å². The highest BCUT2D eigenvalue weighted by atomic mass is 16.3.